The number of fused-ring (bicyclic) bond motifs is 1. The number of carbonyl (C=O) groups is 1. The molecule has 2 aromatic carbocycles. The lowest BCUT2D eigenvalue weighted by atomic mass is 10.2. The van der Waals surface area contributed by atoms with Crippen molar-refractivity contribution in [2.75, 3.05) is 11.9 Å². The van der Waals surface area contributed by atoms with Crippen LogP contribution in [0.5, 0.6) is 0 Å². The van der Waals surface area contributed by atoms with Crippen molar-refractivity contribution in [3.8, 4) is 11.3 Å². The molecule has 3 heterocycles. The van der Waals surface area contributed by atoms with Crippen LogP contribution in [0, 0.1) is 0 Å². The van der Waals surface area contributed by atoms with E-state index in [9.17, 15) is 18.0 Å². The number of hydrogen-bond acceptors (Lipinski definition) is 4. The molecule has 0 unspecified atom stereocenters. The van der Waals surface area contributed by atoms with Gasteiger partial charge in [0.25, 0.3) is 0 Å². The lowest BCUT2D eigenvalue weighted by Crippen LogP contribution is -2.36. The summed E-state index contributed by atoms with van der Waals surface area (Å²) in [5.41, 5.74) is 2.39. The third kappa shape index (κ3) is 5.28. The summed E-state index contributed by atoms with van der Waals surface area (Å²) in [5, 5.41) is 4.70. The van der Waals surface area contributed by atoms with E-state index >= 15 is 0 Å². The van der Waals surface area contributed by atoms with E-state index in [0.717, 1.165) is 34.0 Å². The van der Waals surface area contributed by atoms with Crippen LogP contribution in [0.15, 0.2) is 89.0 Å². The van der Waals surface area contributed by atoms with E-state index in [1.54, 1.807) is 17.0 Å². The van der Waals surface area contributed by atoms with Crippen LogP contribution in [-0.4, -0.2) is 26.9 Å². The molecule has 0 aliphatic rings. The fourth-order valence-corrected chi connectivity index (χ4v) is 4.70. The first kappa shape index (κ1) is 23.7. The zero-order chi connectivity index (χ0) is 25.1. The van der Waals surface area contributed by atoms with Gasteiger partial charge < -0.3 is 14.6 Å². The Labute approximate surface area is 208 Å². The summed E-state index contributed by atoms with van der Waals surface area (Å²) >= 11 is 1.52. The molecule has 5 rings (SSSR count). The highest BCUT2D eigenvalue weighted by atomic mass is 32.1. The molecule has 0 radical (unpaired) electrons. The first-order valence-electron chi connectivity index (χ1n) is 11.1. The van der Waals surface area contributed by atoms with Gasteiger partial charge in [0, 0.05) is 41.5 Å². The number of carbonyl (C=O) groups excluding carboxylic acids is 1. The Balaban J connectivity index is 1.32. The smallest absolute Gasteiger partial charge is 0.416 e. The number of nitrogens with zero attached hydrogens (tertiary/aromatic N) is 3. The number of imidazole rings is 1. The van der Waals surface area contributed by atoms with Gasteiger partial charge in [-0.3, -0.25) is 4.40 Å². The van der Waals surface area contributed by atoms with E-state index in [4.69, 9.17) is 9.40 Å². The third-order valence-corrected chi connectivity index (χ3v) is 6.56. The first-order valence-corrected chi connectivity index (χ1v) is 12.0. The summed E-state index contributed by atoms with van der Waals surface area (Å²) < 4.78 is 46.0. The molecule has 6 nitrogen and oxygen atoms in total. The summed E-state index contributed by atoms with van der Waals surface area (Å²) in [6.45, 7) is 0.573. The molecule has 0 spiro atoms. The van der Waals surface area contributed by atoms with Gasteiger partial charge >= 0.3 is 12.2 Å². The molecular formula is C26H21F3N4O2S. The van der Waals surface area contributed by atoms with E-state index < -0.39 is 17.8 Å². The van der Waals surface area contributed by atoms with Gasteiger partial charge in [-0.2, -0.15) is 13.2 Å². The fraction of sp³-hybridized carbons (Fsp3) is 0.154. The van der Waals surface area contributed by atoms with Crippen molar-refractivity contribution in [1.82, 2.24) is 14.3 Å². The second-order valence-electron chi connectivity index (χ2n) is 8.13. The van der Waals surface area contributed by atoms with Crippen molar-refractivity contribution in [3.05, 3.63) is 102 Å². The number of rotatable bonds is 7. The molecule has 0 aliphatic heterocycles. The summed E-state index contributed by atoms with van der Waals surface area (Å²) in [6.07, 6.45) is -0.380. The Hall–Kier alpha value is -4.05. The molecule has 0 bridgehead atoms. The van der Waals surface area contributed by atoms with E-state index in [1.807, 2.05) is 46.3 Å². The van der Waals surface area contributed by atoms with Crippen LogP contribution in [0.2, 0.25) is 0 Å². The van der Waals surface area contributed by atoms with Crippen molar-refractivity contribution in [3.63, 3.8) is 0 Å². The molecule has 0 atom stereocenters. The number of alkyl halides is 3. The van der Waals surface area contributed by atoms with Gasteiger partial charge in [0.2, 0.25) is 0 Å². The number of furan rings is 1. The Morgan fingerprint density at radius 1 is 1.06 bits per heavy atom. The summed E-state index contributed by atoms with van der Waals surface area (Å²) in [5.74, 6) is 0.599. The van der Waals surface area contributed by atoms with Crippen LogP contribution in [0.25, 0.3) is 16.2 Å². The van der Waals surface area contributed by atoms with Crippen LogP contribution in [0.3, 0.4) is 0 Å². The third-order valence-electron chi connectivity index (χ3n) is 5.67. The van der Waals surface area contributed by atoms with E-state index in [0.29, 0.717) is 18.7 Å². The fourth-order valence-electron chi connectivity index (χ4n) is 3.79. The Morgan fingerprint density at radius 3 is 2.53 bits per heavy atom. The Kier molecular flexibility index (Phi) is 6.51. The topological polar surface area (TPSA) is 62.8 Å². The van der Waals surface area contributed by atoms with Gasteiger partial charge in [0.15, 0.2) is 4.96 Å². The van der Waals surface area contributed by atoms with Gasteiger partial charge in [-0.25, -0.2) is 9.78 Å². The molecule has 0 fully saturated rings. The zero-order valence-electron chi connectivity index (χ0n) is 18.9. The molecule has 0 saturated heterocycles. The van der Waals surface area contributed by atoms with Crippen LogP contribution in [0.1, 0.15) is 17.0 Å². The van der Waals surface area contributed by atoms with Crippen LogP contribution < -0.4 is 5.32 Å². The SMILES string of the molecule is O=C(Nc1ccc(C(F)(F)F)cc1)N(CCc1csc2nc(-c3ccccc3)cn12)Cc1ccco1. The van der Waals surface area contributed by atoms with Crippen LogP contribution in [-0.2, 0) is 19.1 Å². The minimum Gasteiger partial charge on any atom is -0.467 e. The normalized spacial score (nSPS) is 11.6. The number of nitrogens with one attached hydrogen (secondary N) is 1. The highest BCUT2D eigenvalue weighted by molar-refractivity contribution is 7.15. The summed E-state index contributed by atoms with van der Waals surface area (Å²) in [6, 6.07) is 17.3. The number of aromatic nitrogens is 2. The Morgan fingerprint density at radius 2 is 1.83 bits per heavy atom. The number of benzene rings is 2. The number of halogens is 3. The van der Waals surface area contributed by atoms with Crippen LogP contribution >= 0.6 is 11.3 Å². The molecule has 0 saturated carbocycles. The average Bonchev–Trinajstić information content (AvgIpc) is 3.60. The van der Waals surface area contributed by atoms with Crippen molar-refractivity contribution in [2.45, 2.75) is 19.1 Å². The molecule has 0 aliphatic carbocycles. The van der Waals surface area contributed by atoms with Crippen molar-refractivity contribution in [2.24, 2.45) is 0 Å². The van der Waals surface area contributed by atoms with Gasteiger partial charge in [-0.05, 0) is 36.4 Å². The monoisotopic (exact) mass is 510 g/mol. The maximum absolute atomic E-state index is 13.1. The molecule has 36 heavy (non-hydrogen) atoms. The highest BCUT2D eigenvalue weighted by Crippen LogP contribution is 2.30. The predicted molar refractivity (Wildman–Crippen MR) is 132 cm³/mol. The lowest BCUT2D eigenvalue weighted by Gasteiger charge is -2.22. The van der Waals surface area contributed by atoms with Crippen LogP contribution in [0.4, 0.5) is 23.7 Å². The first-order chi connectivity index (χ1) is 17.4. The molecule has 2 amide bonds. The van der Waals surface area contributed by atoms with Gasteiger partial charge in [-0.1, -0.05) is 30.3 Å². The molecule has 1 N–H and O–H groups in total. The standard InChI is InChI=1S/C26H21F3N4O2S/c27-26(28,29)19-8-10-20(11-9-19)30-24(34)32(15-22-7-4-14-35-22)13-12-21-17-36-25-31-23(16-33(21)25)18-5-2-1-3-6-18/h1-11,14,16-17H,12-13,15H2,(H,30,34). The molecular weight excluding hydrogens is 489 g/mol. The predicted octanol–water partition coefficient (Wildman–Crippen LogP) is 6.95. The highest BCUT2D eigenvalue weighted by Gasteiger charge is 2.30. The van der Waals surface area contributed by atoms with Crippen molar-refractivity contribution >= 4 is 28.0 Å². The molecule has 5 aromatic rings. The van der Waals surface area contributed by atoms with E-state index in [-0.39, 0.29) is 12.2 Å². The van der Waals surface area contributed by atoms with E-state index in [1.165, 1.54) is 29.7 Å². The number of thiazole rings is 1. The lowest BCUT2D eigenvalue weighted by molar-refractivity contribution is -0.137. The second kappa shape index (κ2) is 9.90. The minimum atomic E-state index is -4.44. The molecule has 10 heteroatoms. The maximum atomic E-state index is 13.1. The Bertz CT molecular complexity index is 1440. The van der Waals surface area contributed by atoms with E-state index in [2.05, 4.69) is 5.32 Å². The maximum Gasteiger partial charge on any atom is 0.416 e. The van der Waals surface area contributed by atoms with Crippen molar-refractivity contribution < 1.29 is 22.4 Å². The number of hydrogen-bond donors (Lipinski definition) is 1. The van der Waals surface area contributed by atoms with Gasteiger partial charge in [0.05, 0.1) is 24.1 Å². The second-order valence-corrected chi connectivity index (χ2v) is 8.96. The van der Waals surface area contributed by atoms with Gasteiger partial charge in [-0.15, -0.1) is 11.3 Å². The average molecular weight is 511 g/mol. The summed E-state index contributed by atoms with van der Waals surface area (Å²) in [7, 11) is 0. The summed E-state index contributed by atoms with van der Waals surface area (Å²) in [4.78, 5) is 20.2. The quantitative estimate of drug-likeness (QED) is 0.258. The number of anilines is 1. The minimum absolute atomic E-state index is 0.214. The zero-order valence-corrected chi connectivity index (χ0v) is 19.7. The van der Waals surface area contributed by atoms with Crippen molar-refractivity contribution in [1.29, 1.82) is 0 Å². The largest absolute Gasteiger partial charge is 0.467 e. The number of amides is 2. The van der Waals surface area contributed by atoms with Gasteiger partial charge in [0.1, 0.15) is 5.76 Å². The molecule has 3 aromatic heterocycles. The molecule has 184 valence electrons. The number of urea groups is 1.